The summed E-state index contributed by atoms with van der Waals surface area (Å²) in [6, 6.07) is 0. The van der Waals surface area contributed by atoms with Gasteiger partial charge < -0.3 is 0 Å². The first kappa shape index (κ1) is 10.2. The second kappa shape index (κ2) is 3.81. The Hall–Kier alpha value is -0.950. The first-order chi connectivity index (χ1) is 7.79. The number of nitrogens with one attached hydrogen (secondary N) is 1. The summed E-state index contributed by atoms with van der Waals surface area (Å²) in [6.45, 7) is 0. The van der Waals surface area contributed by atoms with Crippen molar-refractivity contribution in [3.63, 3.8) is 0 Å². The monoisotopic (exact) mass is 254 g/mol. The Balaban J connectivity index is 2.32. The van der Waals surface area contributed by atoms with Crippen LogP contribution in [0.1, 0.15) is 11.3 Å². The Morgan fingerprint density at radius 1 is 1.50 bits per heavy atom. The summed E-state index contributed by atoms with van der Waals surface area (Å²) in [6.07, 6.45) is 2.78. The Kier molecular flexibility index (Phi) is 2.44. The van der Waals surface area contributed by atoms with Crippen LogP contribution in [0, 0.1) is 0 Å². The van der Waals surface area contributed by atoms with Crippen LogP contribution >= 0.6 is 23.5 Å². The predicted octanol–water partition coefficient (Wildman–Crippen LogP) is 0.929. The largest absolute Gasteiger partial charge is 0.278 e. The van der Waals surface area contributed by atoms with Crippen molar-refractivity contribution < 1.29 is 0 Å². The van der Waals surface area contributed by atoms with Crippen LogP contribution in [0.25, 0.3) is 5.78 Å². The smallest absolute Gasteiger partial charge is 0.267 e. The molecule has 0 fully saturated rings. The Labute approximate surface area is 100 Å². The molecule has 0 saturated heterocycles. The van der Waals surface area contributed by atoms with Gasteiger partial charge in [-0.2, -0.15) is 21.3 Å². The molecule has 2 aromatic heterocycles. The first-order valence-corrected chi connectivity index (χ1v) is 7.30. The molecule has 0 spiro atoms. The third-order valence-corrected chi connectivity index (χ3v) is 4.13. The number of thioether (sulfide) groups is 2. The van der Waals surface area contributed by atoms with Gasteiger partial charge in [0.05, 0.1) is 11.3 Å². The highest BCUT2D eigenvalue weighted by molar-refractivity contribution is 7.98. The second-order valence-corrected chi connectivity index (χ2v) is 5.41. The molecule has 0 unspecified atom stereocenters. The first-order valence-electron chi connectivity index (χ1n) is 4.92. The quantitative estimate of drug-likeness (QED) is 0.767. The molecular weight excluding hydrogens is 244 g/mol. The van der Waals surface area contributed by atoms with Gasteiger partial charge in [0.2, 0.25) is 0 Å². The zero-order valence-electron chi connectivity index (χ0n) is 8.69. The number of hydrogen-bond acceptors (Lipinski definition) is 5. The average Bonchev–Trinajstić information content (AvgIpc) is 2.73. The van der Waals surface area contributed by atoms with Gasteiger partial charge in [-0.05, 0) is 18.4 Å². The molecule has 2 aromatic rings. The zero-order valence-corrected chi connectivity index (χ0v) is 10.3. The van der Waals surface area contributed by atoms with Gasteiger partial charge in [-0.3, -0.25) is 9.89 Å². The van der Waals surface area contributed by atoms with Gasteiger partial charge in [0.1, 0.15) is 0 Å². The second-order valence-electron chi connectivity index (χ2n) is 3.51. The summed E-state index contributed by atoms with van der Waals surface area (Å²) in [5, 5.41) is 3.67. The Morgan fingerprint density at radius 2 is 2.38 bits per heavy atom. The lowest BCUT2D eigenvalue weighted by Gasteiger charge is -2.12. The van der Waals surface area contributed by atoms with Crippen molar-refractivity contribution in [3.8, 4) is 0 Å². The fourth-order valence-corrected chi connectivity index (χ4v) is 3.09. The molecule has 0 aliphatic carbocycles. The number of aryl methyl sites for hydroxylation is 1. The molecule has 84 valence electrons. The third-order valence-electron chi connectivity index (χ3n) is 2.58. The highest BCUT2D eigenvalue weighted by Crippen LogP contribution is 2.20. The maximum absolute atomic E-state index is 12.1. The van der Waals surface area contributed by atoms with Gasteiger partial charge >= 0.3 is 0 Å². The molecule has 0 radical (unpaired) electrons. The van der Waals surface area contributed by atoms with Crippen molar-refractivity contribution in [2.24, 2.45) is 0 Å². The Morgan fingerprint density at radius 3 is 3.19 bits per heavy atom. The molecular formula is C9H10N4OS2. The van der Waals surface area contributed by atoms with Gasteiger partial charge in [-0.25, -0.2) is 4.98 Å². The lowest BCUT2D eigenvalue weighted by Crippen LogP contribution is -2.24. The van der Waals surface area contributed by atoms with E-state index in [1.165, 1.54) is 16.3 Å². The zero-order chi connectivity index (χ0) is 11.1. The minimum absolute atomic E-state index is 0.000000000000000222. The fraction of sp³-hybridized carbons (Fsp3) is 0.444. The molecule has 5 nitrogen and oxygen atoms in total. The highest BCUT2D eigenvalue weighted by Gasteiger charge is 2.18. The van der Waals surface area contributed by atoms with Crippen LogP contribution in [-0.2, 0) is 12.2 Å². The number of H-pyrrole nitrogens is 1. The van der Waals surface area contributed by atoms with Crippen LogP contribution in [0.2, 0.25) is 0 Å². The van der Waals surface area contributed by atoms with Crippen molar-refractivity contribution in [3.05, 3.63) is 21.6 Å². The molecule has 0 saturated carbocycles. The maximum atomic E-state index is 12.1. The molecule has 7 heteroatoms. The van der Waals surface area contributed by atoms with Crippen molar-refractivity contribution in [2.75, 3.05) is 12.0 Å². The highest BCUT2D eigenvalue weighted by atomic mass is 32.2. The molecule has 1 aliphatic rings. The van der Waals surface area contributed by atoms with Crippen molar-refractivity contribution in [1.82, 2.24) is 19.6 Å². The molecule has 1 aliphatic heterocycles. The topological polar surface area (TPSA) is 63.1 Å². The summed E-state index contributed by atoms with van der Waals surface area (Å²) in [7, 11) is 0. The minimum Gasteiger partial charge on any atom is -0.267 e. The molecule has 0 atom stereocenters. The SMILES string of the molecule is CSc1nc2nc3c(c(=O)n2[nH]1)CSCC3. The van der Waals surface area contributed by atoms with Gasteiger partial charge in [0, 0.05) is 5.75 Å². The van der Waals surface area contributed by atoms with E-state index in [1.54, 1.807) is 11.8 Å². The summed E-state index contributed by atoms with van der Waals surface area (Å²) < 4.78 is 1.44. The van der Waals surface area contributed by atoms with Gasteiger partial charge in [-0.1, -0.05) is 11.8 Å². The van der Waals surface area contributed by atoms with E-state index in [-0.39, 0.29) is 5.56 Å². The van der Waals surface area contributed by atoms with Gasteiger partial charge in [0.25, 0.3) is 11.3 Å². The molecule has 0 aromatic carbocycles. The molecule has 1 N–H and O–H groups in total. The van der Waals surface area contributed by atoms with Crippen LogP contribution < -0.4 is 5.56 Å². The van der Waals surface area contributed by atoms with Crippen LogP contribution in [0.4, 0.5) is 0 Å². The van der Waals surface area contributed by atoms with E-state index in [9.17, 15) is 4.79 Å². The summed E-state index contributed by atoms with van der Waals surface area (Å²) in [4.78, 5) is 20.8. The summed E-state index contributed by atoms with van der Waals surface area (Å²) in [5.41, 5.74) is 1.74. The van der Waals surface area contributed by atoms with Gasteiger partial charge in [0.15, 0.2) is 5.16 Å². The van der Waals surface area contributed by atoms with Crippen molar-refractivity contribution in [1.29, 1.82) is 0 Å². The third kappa shape index (κ3) is 1.46. The average molecular weight is 254 g/mol. The van der Waals surface area contributed by atoms with E-state index in [0.717, 1.165) is 34.3 Å². The predicted molar refractivity (Wildman–Crippen MR) is 65.3 cm³/mol. The lowest BCUT2D eigenvalue weighted by atomic mass is 10.2. The number of nitrogens with zero attached hydrogens (tertiary/aromatic N) is 3. The van der Waals surface area contributed by atoms with Crippen molar-refractivity contribution >= 4 is 29.3 Å². The molecule has 0 amide bonds. The number of aromatic amines is 1. The molecule has 0 bridgehead atoms. The van der Waals surface area contributed by atoms with E-state index < -0.39 is 0 Å². The minimum atomic E-state index is 0.000000000000000222. The number of hydrogen-bond donors (Lipinski definition) is 1. The van der Waals surface area contributed by atoms with Crippen LogP contribution in [-0.4, -0.2) is 31.6 Å². The van der Waals surface area contributed by atoms with E-state index in [4.69, 9.17) is 0 Å². The van der Waals surface area contributed by atoms with Crippen LogP contribution in [0.5, 0.6) is 0 Å². The van der Waals surface area contributed by atoms with Crippen LogP contribution in [0.3, 0.4) is 0 Å². The molecule has 3 heterocycles. The van der Waals surface area contributed by atoms with Crippen molar-refractivity contribution in [2.45, 2.75) is 17.3 Å². The van der Waals surface area contributed by atoms with Gasteiger partial charge in [-0.15, -0.1) is 0 Å². The number of fused-ring (bicyclic) bond motifs is 2. The van der Waals surface area contributed by atoms with E-state index >= 15 is 0 Å². The Bertz CT molecular complexity index is 603. The maximum Gasteiger partial charge on any atom is 0.278 e. The number of aromatic nitrogens is 4. The van der Waals surface area contributed by atoms with E-state index in [2.05, 4.69) is 15.1 Å². The van der Waals surface area contributed by atoms with E-state index in [1.807, 2.05) is 6.26 Å². The standard InChI is InChI=1S/C9H10N4OS2/c1-15-9-11-8-10-6-2-3-16-4-5(6)7(14)13(8)12-9/h2-4H2,1H3,(H,10,11,12). The van der Waals surface area contributed by atoms with E-state index in [0.29, 0.717) is 5.78 Å². The number of rotatable bonds is 1. The molecule has 16 heavy (non-hydrogen) atoms. The van der Waals surface area contributed by atoms with Crippen LogP contribution in [0.15, 0.2) is 9.95 Å². The fourth-order valence-electron chi connectivity index (χ4n) is 1.76. The lowest BCUT2D eigenvalue weighted by molar-refractivity contribution is 0.820. The normalized spacial score (nSPS) is 15.3. The summed E-state index contributed by atoms with van der Waals surface area (Å²) in [5.74, 6) is 2.28. The molecule has 3 rings (SSSR count). The summed E-state index contributed by atoms with van der Waals surface area (Å²) >= 11 is 3.25.